The van der Waals surface area contributed by atoms with Crippen LogP contribution in [0, 0.1) is 6.92 Å². The van der Waals surface area contributed by atoms with Crippen LogP contribution in [0.25, 0.3) is 0 Å². The van der Waals surface area contributed by atoms with E-state index in [2.05, 4.69) is 4.90 Å². The number of nitrogens with zero attached hydrogens (tertiary/aromatic N) is 1. The van der Waals surface area contributed by atoms with Gasteiger partial charge in [-0.2, -0.15) is 0 Å². The van der Waals surface area contributed by atoms with Crippen molar-refractivity contribution in [3.8, 4) is 0 Å². The number of likely N-dealkylation sites (tertiary alicyclic amines) is 1. The minimum Gasteiger partial charge on any atom is -0.358 e. The van der Waals surface area contributed by atoms with Crippen molar-refractivity contribution < 1.29 is 8.42 Å². The zero-order valence-corrected chi connectivity index (χ0v) is 16.6. The van der Waals surface area contributed by atoms with Crippen LogP contribution in [0.5, 0.6) is 0 Å². The van der Waals surface area contributed by atoms with E-state index in [-0.39, 0.29) is 0 Å². The maximum atomic E-state index is 12.7. The molecule has 25 heavy (non-hydrogen) atoms. The summed E-state index contributed by atoms with van der Waals surface area (Å²) in [5, 5.41) is 0. The van der Waals surface area contributed by atoms with Crippen LogP contribution >= 0.6 is 24.0 Å². The van der Waals surface area contributed by atoms with Gasteiger partial charge in [-0.15, -0.1) is 0 Å². The van der Waals surface area contributed by atoms with Gasteiger partial charge in [0.25, 0.3) is 0 Å². The SMILES string of the molecule is Cc1ccc(S(=O)(=O)c2ccc(CSC(=S)N3CCCC3)cc2)cc1. The van der Waals surface area contributed by atoms with Crippen molar-refractivity contribution in [1.29, 1.82) is 0 Å². The monoisotopic (exact) mass is 391 g/mol. The lowest BCUT2D eigenvalue weighted by Crippen LogP contribution is -2.23. The number of hydrogen-bond acceptors (Lipinski definition) is 4. The summed E-state index contributed by atoms with van der Waals surface area (Å²) in [6.45, 7) is 4.05. The second-order valence-corrected chi connectivity index (χ2v) is 9.77. The molecule has 1 fully saturated rings. The van der Waals surface area contributed by atoms with Crippen LogP contribution in [0.15, 0.2) is 58.3 Å². The lowest BCUT2D eigenvalue weighted by atomic mass is 10.2. The van der Waals surface area contributed by atoms with E-state index in [0.29, 0.717) is 9.79 Å². The third-order valence-electron chi connectivity index (χ3n) is 4.29. The number of benzene rings is 2. The first kappa shape index (κ1) is 18.4. The van der Waals surface area contributed by atoms with Gasteiger partial charge in [-0.05, 0) is 49.6 Å². The van der Waals surface area contributed by atoms with Crippen LogP contribution in [0.4, 0.5) is 0 Å². The van der Waals surface area contributed by atoms with Crippen LogP contribution in [-0.4, -0.2) is 30.7 Å². The Labute approximate surface area is 159 Å². The van der Waals surface area contributed by atoms with Gasteiger partial charge in [-0.1, -0.05) is 53.8 Å². The zero-order valence-electron chi connectivity index (χ0n) is 14.1. The summed E-state index contributed by atoms with van der Waals surface area (Å²) >= 11 is 7.11. The molecular weight excluding hydrogens is 370 g/mol. The molecule has 1 aliphatic heterocycles. The van der Waals surface area contributed by atoms with E-state index in [1.807, 2.05) is 31.2 Å². The Hall–Kier alpha value is -1.37. The Bertz CT molecular complexity index is 837. The van der Waals surface area contributed by atoms with Gasteiger partial charge in [0.1, 0.15) is 4.32 Å². The van der Waals surface area contributed by atoms with Gasteiger partial charge in [0, 0.05) is 18.8 Å². The molecule has 1 aliphatic rings. The smallest absolute Gasteiger partial charge is 0.206 e. The fourth-order valence-corrected chi connectivity index (χ4v) is 5.22. The molecule has 0 atom stereocenters. The largest absolute Gasteiger partial charge is 0.358 e. The third-order valence-corrected chi connectivity index (χ3v) is 7.67. The van der Waals surface area contributed by atoms with Crippen molar-refractivity contribution in [3.63, 3.8) is 0 Å². The first-order valence-corrected chi connectivity index (χ1v) is 11.2. The Balaban J connectivity index is 1.67. The summed E-state index contributed by atoms with van der Waals surface area (Å²) in [4.78, 5) is 2.90. The second-order valence-electron chi connectivity index (χ2n) is 6.21. The minimum atomic E-state index is -3.46. The second kappa shape index (κ2) is 7.89. The molecule has 2 aromatic rings. The summed E-state index contributed by atoms with van der Waals surface area (Å²) in [6.07, 6.45) is 2.43. The molecule has 6 heteroatoms. The van der Waals surface area contributed by atoms with Crippen LogP contribution in [0.1, 0.15) is 24.0 Å². The Morgan fingerprint density at radius 3 is 2.08 bits per heavy atom. The predicted octanol–water partition coefficient (Wildman–Crippen LogP) is 4.44. The molecule has 3 rings (SSSR count). The number of hydrogen-bond donors (Lipinski definition) is 0. The van der Waals surface area contributed by atoms with Crippen molar-refractivity contribution in [1.82, 2.24) is 4.90 Å². The molecule has 3 nitrogen and oxygen atoms in total. The predicted molar refractivity (Wildman–Crippen MR) is 108 cm³/mol. The molecule has 0 saturated carbocycles. The molecule has 132 valence electrons. The Morgan fingerprint density at radius 1 is 1.00 bits per heavy atom. The van der Waals surface area contributed by atoms with Crippen LogP contribution < -0.4 is 0 Å². The van der Waals surface area contributed by atoms with E-state index in [0.717, 1.165) is 34.3 Å². The van der Waals surface area contributed by atoms with Crippen molar-refractivity contribution in [3.05, 3.63) is 59.7 Å². The topological polar surface area (TPSA) is 37.4 Å². The van der Waals surface area contributed by atoms with E-state index >= 15 is 0 Å². The van der Waals surface area contributed by atoms with Gasteiger partial charge >= 0.3 is 0 Å². The molecule has 1 saturated heterocycles. The number of sulfone groups is 1. The van der Waals surface area contributed by atoms with Gasteiger partial charge < -0.3 is 4.90 Å². The highest BCUT2D eigenvalue weighted by atomic mass is 32.2. The molecule has 0 N–H and O–H groups in total. The molecule has 0 aliphatic carbocycles. The van der Waals surface area contributed by atoms with E-state index in [9.17, 15) is 8.42 Å². The number of thiocarbonyl (C=S) groups is 1. The molecule has 0 radical (unpaired) electrons. The van der Waals surface area contributed by atoms with E-state index in [4.69, 9.17) is 12.2 Å². The summed E-state index contributed by atoms with van der Waals surface area (Å²) in [5.74, 6) is 0.764. The number of thioether (sulfide) groups is 1. The molecule has 0 bridgehead atoms. The normalized spacial score (nSPS) is 14.7. The van der Waals surface area contributed by atoms with Crippen LogP contribution in [-0.2, 0) is 15.6 Å². The quantitative estimate of drug-likeness (QED) is 0.720. The summed E-state index contributed by atoms with van der Waals surface area (Å²) in [6, 6.07) is 14.1. The molecule has 0 amide bonds. The summed E-state index contributed by atoms with van der Waals surface area (Å²) in [7, 11) is -3.46. The van der Waals surface area contributed by atoms with Gasteiger partial charge in [0.05, 0.1) is 9.79 Å². The average molecular weight is 392 g/mol. The van der Waals surface area contributed by atoms with Gasteiger partial charge in [-0.25, -0.2) is 8.42 Å². The Kier molecular flexibility index (Phi) is 5.81. The van der Waals surface area contributed by atoms with Crippen molar-refractivity contribution in [2.45, 2.75) is 35.3 Å². The molecule has 0 aromatic heterocycles. The minimum absolute atomic E-state index is 0.326. The maximum Gasteiger partial charge on any atom is 0.206 e. The lowest BCUT2D eigenvalue weighted by Gasteiger charge is -2.17. The van der Waals surface area contributed by atoms with Crippen LogP contribution in [0.2, 0.25) is 0 Å². The average Bonchev–Trinajstić information content (AvgIpc) is 3.15. The standard InChI is InChI=1S/C19H21NO2S3/c1-15-4-8-17(9-5-15)25(21,22)18-10-6-16(7-11-18)14-24-19(23)20-12-2-3-13-20/h4-11H,2-3,12-14H2,1H3. The summed E-state index contributed by atoms with van der Waals surface area (Å²) in [5.41, 5.74) is 2.12. The van der Waals surface area contributed by atoms with Crippen molar-refractivity contribution in [2.75, 3.05) is 13.1 Å². The molecule has 0 spiro atoms. The highest BCUT2D eigenvalue weighted by Gasteiger charge is 2.18. The van der Waals surface area contributed by atoms with E-state index in [1.54, 1.807) is 36.0 Å². The lowest BCUT2D eigenvalue weighted by molar-refractivity contribution is 0.539. The van der Waals surface area contributed by atoms with Crippen LogP contribution in [0.3, 0.4) is 0 Å². The fourth-order valence-electron chi connectivity index (χ4n) is 2.75. The first-order chi connectivity index (χ1) is 12.0. The summed E-state index contributed by atoms with van der Waals surface area (Å²) < 4.78 is 26.3. The molecule has 1 heterocycles. The van der Waals surface area contributed by atoms with Crippen molar-refractivity contribution in [2.24, 2.45) is 0 Å². The van der Waals surface area contributed by atoms with Crippen molar-refractivity contribution >= 4 is 38.1 Å². The highest BCUT2D eigenvalue weighted by molar-refractivity contribution is 8.22. The number of aryl methyl sites for hydroxylation is 1. The zero-order chi connectivity index (χ0) is 17.9. The molecule has 2 aromatic carbocycles. The van der Waals surface area contributed by atoms with Gasteiger partial charge in [-0.3, -0.25) is 0 Å². The molecular formula is C19H21NO2S3. The molecule has 0 unspecified atom stereocenters. The fraction of sp³-hybridized carbons (Fsp3) is 0.316. The maximum absolute atomic E-state index is 12.7. The van der Waals surface area contributed by atoms with E-state index < -0.39 is 9.84 Å². The third kappa shape index (κ3) is 4.43. The Morgan fingerprint density at radius 2 is 1.52 bits per heavy atom. The van der Waals surface area contributed by atoms with E-state index in [1.165, 1.54) is 12.8 Å². The highest BCUT2D eigenvalue weighted by Crippen LogP contribution is 2.24. The van der Waals surface area contributed by atoms with Gasteiger partial charge in [0.2, 0.25) is 9.84 Å². The first-order valence-electron chi connectivity index (χ1n) is 8.29. The number of rotatable bonds is 4. The van der Waals surface area contributed by atoms with Gasteiger partial charge in [0.15, 0.2) is 0 Å².